The first-order chi connectivity index (χ1) is 9.52. The monoisotopic (exact) mass is 333 g/mol. The summed E-state index contributed by atoms with van der Waals surface area (Å²) in [5, 5.41) is 0. The second kappa shape index (κ2) is 6.42. The van der Waals surface area contributed by atoms with Crippen molar-refractivity contribution in [3.63, 3.8) is 0 Å². The van der Waals surface area contributed by atoms with Gasteiger partial charge in [0.05, 0.1) is 11.6 Å². The summed E-state index contributed by atoms with van der Waals surface area (Å²) in [4.78, 5) is 0. The van der Waals surface area contributed by atoms with Gasteiger partial charge in [0.2, 0.25) is 0 Å². The lowest BCUT2D eigenvalue weighted by Gasteiger charge is -2.17. The third-order valence-corrected chi connectivity index (χ3v) is 4.29. The van der Waals surface area contributed by atoms with Crippen molar-refractivity contribution in [2.24, 2.45) is 5.73 Å². The molecule has 2 aromatic carbocycles. The summed E-state index contributed by atoms with van der Waals surface area (Å²) in [6.45, 7) is 4.28. The van der Waals surface area contributed by atoms with E-state index < -0.39 is 0 Å². The van der Waals surface area contributed by atoms with Crippen LogP contribution in [0.25, 0.3) is 0 Å². The Kier molecular flexibility index (Phi) is 4.84. The summed E-state index contributed by atoms with van der Waals surface area (Å²) in [5.74, 6) is 0.827. The summed E-state index contributed by atoms with van der Waals surface area (Å²) in [5.41, 5.74) is 11.4. The molecule has 0 aromatic heterocycles. The first kappa shape index (κ1) is 15.1. The number of benzene rings is 2. The van der Waals surface area contributed by atoms with E-state index in [1.165, 1.54) is 16.7 Å². The molecule has 0 saturated carbocycles. The number of ether oxygens (including phenoxy) is 1. The highest BCUT2D eigenvalue weighted by Gasteiger charge is 2.12. The number of hydrogen-bond donors (Lipinski definition) is 1. The normalized spacial score (nSPS) is 12.2. The second-order valence-corrected chi connectivity index (χ2v) is 5.93. The van der Waals surface area contributed by atoms with Crippen molar-refractivity contribution in [2.75, 3.05) is 7.11 Å². The van der Waals surface area contributed by atoms with Crippen LogP contribution < -0.4 is 10.5 Å². The standard InChI is InChI=1S/C17H20BrNO/c1-11-5-4-6-12(2)14(11)10-16(19)13-7-8-17(20-3)15(18)9-13/h4-9,16H,10,19H2,1-3H3. The Morgan fingerprint density at radius 1 is 1.15 bits per heavy atom. The molecule has 2 nitrogen and oxygen atoms in total. The number of rotatable bonds is 4. The van der Waals surface area contributed by atoms with Gasteiger partial charge in [-0.15, -0.1) is 0 Å². The number of aryl methyl sites for hydroxylation is 2. The first-order valence-corrected chi connectivity index (χ1v) is 7.46. The molecule has 2 aromatic rings. The molecule has 0 saturated heterocycles. The van der Waals surface area contributed by atoms with E-state index in [9.17, 15) is 0 Å². The minimum atomic E-state index is -0.0167. The number of nitrogens with two attached hydrogens (primary N) is 1. The van der Waals surface area contributed by atoms with Gasteiger partial charge in [-0.2, -0.15) is 0 Å². The fourth-order valence-corrected chi connectivity index (χ4v) is 2.98. The zero-order valence-corrected chi connectivity index (χ0v) is 13.7. The Balaban J connectivity index is 2.24. The Hall–Kier alpha value is -1.32. The fraction of sp³-hybridized carbons (Fsp3) is 0.294. The Labute approximate surface area is 129 Å². The summed E-state index contributed by atoms with van der Waals surface area (Å²) in [6, 6.07) is 12.4. The Bertz CT molecular complexity index is 590. The lowest BCUT2D eigenvalue weighted by Crippen LogP contribution is -2.14. The molecule has 0 amide bonds. The van der Waals surface area contributed by atoms with Gasteiger partial charge in [-0.25, -0.2) is 0 Å². The van der Waals surface area contributed by atoms with Gasteiger partial charge in [-0.05, 0) is 70.6 Å². The largest absolute Gasteiger partial charge is 0.496 e. The highest BCUT2D eigenvalue weighted by Crippen LogP contribution is 2.29. The molecule has 1 unspecified atom stereocenters. The third-order valence-electron chi connectivity index (χ3n) is 3.67. The lowest BCUT2D eigenvalue weighted by molar-refractivity contribution is 0.412. The van der Waals surface area contributed by atoms with E-state index in [0.717, 1.165) is 22.2 Å². The average Bonchev–Trinajstić information content (AvgIpc) is 2.42. The highest BCUT2D eigenvalue weighted by molar-refractivity contribution is 9.10. The maximum atomic E-state index is 6.36. The number of methoxy groups -OCH3 is 1. The molecule has 3 heteroatoms. The van der Waals surface area contributed by atoms with Crippen LogP contribution in [0, 0.1) is 13.8 Å². The molecule has 0 bridgehead atoms. The minimum absolute atomic E-state index is 0.0167. The van der Waals surface area contributed by atoms with Crippen LogP contribution in [0.4, 0.5) is 0 Å². The van der Waals surface area contributed by atoms with Crippen molar-refractivity contribution < 1.29 is 4.74 Å². The van der Waals surface area contributed by atoms with Crippen LogP contribution in [0.3, 0.4) is 0 Å². The second-order valence-electron chi connectivity index (χ2n) is 5.07. The average molecular weight is 334 g/mol. The molecule has 0 aliphatic heterocycles. The fourth-order valence-electron chi connectivity index (χ4n) is 2.42. The van der Waals surface area contributed by atoms with E-state index in [1.54, 1.807) is 7.11 Å². The van der Waals surface area contributed by atoms with E-state index >= 15 is 0 Å². The van der Waals surface area contributed by atoms with Crippen molar-refractivity contribution >= 4 is 15.9 Å². The molecule has 0 heterocycles. The molecule has 0 spiro atoms. The molecule has 2 N–H and O–H groups in total. The van der Waals surface area contributed by atoms with Crippen molar-refractivity contribution in [3.05, 3.63) is 63.1 Å². The number of halogens is 1. The van der Waals surface area contributed by atoms with Crippen molar-refractivity contribution in [1.29, 1.82) is 0 Å². The lowest BCUT2D eigenvalue weighted by atomic mass is 9.93. The predicted octanol–water partition coefficient (Wildman–Crippen LogP) is 4.32. The van der Waals surface area contributed by atoms with Crippen LogP contribution in [0.2, 0.25) is 0 Å². The summed E-state index contributed by atoms with van der Waals surface area (Å²) < 4.78 is 6.19. The molecule has 0 radical (unpaired) electrons. The van der Waals surface area contributed by atoms with E-state index in [0.29, 0.717) is 0 Å². The zero-order valence-electron chi connectivity index (χ0n) is 12.1. The van der Waals surface area contributed by atoms with Gasteiger partial charge in [0.25, 0.3) is 0 Å². The number of hydrogen-bond acceptors (Lipinski definition) is 2. The van der Waals surface area contributed by atoms with E-state index in [1.807, 2.05) is 18.2 Å². The van der Waals surface area contributed by atoms with Crippen molar-refractivity contribution in [3.8, 4) is 5.75 Å². The molecule has 20 heavy (non-hydrogen) atoms. The molecule has 0 fully saturated rings. The van der Waals surface area contributed by atoms with Crippen molar-refractivity contribution in [2.45, 2.75) is 26.3 Å². The van der Waals surface area contributed by atoms with E-state index in [2.05, 4.69) is 48.0 Å². The Morgan fingerprint density at radius 3 is 2.35 bits per heavy atom. The van der Waals surface area contributed by atoms with E-state index in [4.69, 9.17) is 10.5 Å². The van der Waals surface area contributed by atoms with Crippen LogP contribution in [0.5, 0.6) is 5.75 Å². The first-order valence-electron chi connectivity index (χ1n) is 6.67. The van der Waals surface area contributed by atoms with Gasteiger partial charge in [-0.3, -0.25) is 0 Å². The molecular formula is C17H20BrNO. The summed E-state index contributed by atoms with van der Waals surface area (Å²) in [6.07, 6.45) is 0.845. The highest BCUT2D eigenvalue weighted by atomic mass is 79.9. The van der Waals surface area contributed by atoms with E-state index in [-0.39, 0.29) is 6.04 Å². The van der Waals surface area contributed by atoms with Crippen LogP contribution in [0.15, 0.2) is 40.9 Å². The summed E-state index contributed by atoms with van der Waals surface area (Å²) >= 11 is 3.51. The molecule has 0 aliphatic carbocycles. The van der Waals surface area contributed by atoms with Crippen LogP contribution in [-0.4, -0.2) is 7.11 Å². The molecule has 0 aliphatic rings. The predicted molar refractivity (Wildman–Crippen MR) is 87.2 cm³/mol. The quantitative estimate of drug-likeness (QED) is 0.904. The van der Waals surface area contributed by atoms with Gasteiger partial charge in [0.15, 0.2) is 0 Å². The van der Waals surface area contributed by atoms with Gasteiger partial charge >= 0.3 is 0 Å². The van der Waals surface area contributed by atoms with Crippen LogP contribution in [0.1, 0.15) is 28.3 Å². The maximum absolute atomic E-state index is 6.36. The van der Waals surface area contributed by atoms with Gasteiger partial charge in [-0.1, -0.05) is 24.3 Å². The smallest absolute Gasteiger partial charge is 0.133 e. The molecule has 106 valence electrons. The topological polar surface area (TPSA) is 35.2 Å². The molecule has 2 rings (SSSR count). The van der Waals surface area contributed by atoms with Crippen LogP contribution in [-0.2, 0) is 6.42 Å². The molecule has 1 atom stereocenters. The Morgan fingerprint density at radius 2 is 1.80 bits per heavy atom. The maximum Gasteiger partial charge on any atom is 0.133 e. The SMILES string of the molecule is COc1ccc(C(N)Cc2c(C)cccc2C)cc1Br. The zero-order chi connectivity index (χ0) is 14.7. The molecular weight excluding hydrogens is 314 g/mol. The van der Waals surface area contributed by atoms with Gasteiger partial charge in [0, 0.05) is 6.04 Å². The summed E-state index contributed by atoms with van der Waals surface area (Å²) in [7, 11) is 1.66. The van der Waals surface area contributed by atoms with Gasteiger partial charge < -0.3 is 10.5 Å². The van der Waals surface area contributed by atoms with Gasteiger partial charge in [0.1, 0.15) is 5.75 Å². The third kappa shape index (κ3) is 3.22. The van der Waals surface area contributed by atoms with Crippen LogP contribution >= 0.6 is 15.9 Å². The minimum Gasteiger partial charge on any atom is -0.496 e. The van der Waals surface area contributed by atoms with Crippen molar-refractivity contribution in [1.82, 2.24) is 0 Å².